The van der Waals surface area contributed by atoms with Crippen molar-refractivity contribution in [3.05, 3.63) is 17.2 Å². The fraction of sp³-hybridized carbons (Fsp3) is 0.143. The molecule has 0 aromatic carbocycles. The number of esters is 2. The Bertz CT molecular complexity index is 304. The summed E-state index contributed by atoms with van der Waals surface area (Å²) >= 11 is 0. The average molecular weight is 152 g/mol. The van der Waals surface area contributed by atoms with Crippen LogP contribution in [0.4, 0.5) is 0 Å². The Morgan fingerprint density at radius 1 is 1.36 bits per heavy atom. The van der Waals surface area contributed by atoms with Crippen LogP contribution in [0.25, 0.3) is 0 Å². The van der Waals surface area contributed by atoms with Gasteiger partial charge in [0, 0.05) is 11.6 Å². The maximum absolute atomic E-state index is 10.7. The largest absolute Gasteiger partial charge is 0.386 e. The van der Waals surface area contributed by atoms with E-state index in [1.807, 2.05) is 0 Å². The second kappa shape index (κ2) is 2.52. The molecule has 4 heteroatoms. The number of rotatable bonds is 1. The molecule has 1 heterocycles. The highest BCUT2D eigenvalue weighted by molar-refractivity contribution is 6.14. The minimum atomic E-state index is -0.782. The van der Waals surface area contributed by atoms with Gasteiger partial charge < -0.3 is 4.74 Å². The summed E-state index contributed by atoms with van der Waals surface area (Å²) in [4.78, 5) is 31.1. The van der Waals surface area contributed by atoms with Gasteiger partial charge in [-0.1, -0.05) is 0 Å². The molecular weight excluding hydrogens is 148 g/mol. The van der Waals surface area contributed by atoms with Gasteiger partial charge in [-0.3, -0.25) is 0 Å². The van der Waals surface area contributed by atoms with Crippen LogP contribution in [-0.4, -0.2) is 17.9 Å². The lowest BCUT2D eigenvalue weighted by molar-refractivity contribution is -0.150. The van der Waals surface area contributed by atoms with Crippen LogP contribution < -0.4 is 0 Å². The molecule has 0 saturated heterocycles. The van der Waals surface area contributed by atoms with Gasteiger partial charge in [0.05, 0.1) is 5.57 Å². The van der Waals surface area contributed by atoms with Gasteiger partial charge >= 0.3 is 11.9 Å². The molecule has 0 unspecified atom stereocenters. The Labute approximate surface area is 62.1 Å². The smallest absolute Gasteiger partial charge is 0.347 e. The van der Waals surface area contributed by atoms with Crippen LogP contribution in [0.1, 0.15) is 6.92 Å². The van der Waals surface area contributed by atoms with Crippen molar-refractivity contribution in [3.63, 3.8) is 0 Å². The molecular formula is C7H4O4. The molecule has 0 aromatic heterocycles. The molecule has 1 aliphatic heterocycles. The molecule has 0 aliphatic carbocycles. The van der Waals surface area contributed by atoms with Gasteiger partial charge in [0.1, 0.15) is 5.94 Å². The second-order valence-electron chi connectivity index (χ2n) is 1.98. The highest BCUT2D eigenvalue weighted by Crippen LogP contribution is 2.16. The van der Waals surface area contributed by atoms with Crippen LogP contribution in [0.2, 0.25) is 0 Å². The van der Waals surface area contributed by atoms with Crippen LogP contribution in [0.3, 0.4) is 0 Å². The quantitative estimate of drug-likeness (QED) is 0.296. The first-order chi connectivity index (χ1) is 5.16. The molecule has 56 valence electrons. The summed E-state index contributed by atoms with van der Waals surface area (Å²) in [6.07, 6.45) is 0.891. The van der Waals surface area contributed by atoms with Gasteiger partial charge in [0.15, 0.2) is 0 Å². The molecule has 11 heavy (non-hydrogen) atoms. The Morgan fingerprint density at radius 3 is 2.36 bits per heavy atom. The van der Waals surface area contributed by atoms with E-state index in [-0.39, 0.29) is 11.1 Å². The number of ether oxygens (including phenoxy) is 1. The Balaban J connectivity index is 3.16. The minimum Gasteiger partial charge on any atom is -0.386 e. The molecule has 0 atom stereocenters. The minimum absolute atomic E-state index is 0.00926. The summed E-state index contributed by atoms with van der Waals surface area (Å²) in [5.74, 6) is -0.0742. The lowest BCUT2D eigenvalue weighted by Crippen LogP contribution is -2.00. The molecule has 0 amide bonds. The summed E-state index contributed by atoms with van der Waals surface area (Å²) in [6.45, 7) is 1.41. The van der Waals surface area contributed by atoms with E-state index in [2.05, 4.69) is 4.74 Å². The Kier molecular flexibility index (Phi) is 1.70. The van der Waals surface area contributed by atoms with Crippen LogP contribution in [0.5, 0.6) is 0 Å². The van der Waals surface area contributed by atoms with Crippen molar-refractivity contribution in [3.8, 4) is 0 Å². The number of carbonyl (C=O) groups excluding carboxylic acids is 3. The van der Waals surface area contributed by atoms with Crippen LogP contribution in [-0.2, 0) is 19.1 Å². The summed E-state index contributed by atoms with van der Waals surface area (Å²) < 4.78 is 4.18. The molecule has 1 aliphatic rings. The van der Waals surface area contributed by atoms with Crippen LogP contribution in [0, 0.1) is 0 Å². The van der Waals surface area contributed by atoms with Gasteiger partial charge in [-0.15, -0.1) is 0 Å². The molecule has 0 radical (unpaired) electrons. The zero-order valence-electron chi connectivity index (χ0n) is 5.71. The Morgan fingerprint density at radius 2 is 2.00 bits per heavy atom. The zero-order chi connectivity index (χ0) is 8.43. The fourth-order valence-corrected chi connectivity index (χ4v) is 0.705. The average Bonchev–Trinajstić information content (AvgIpc) is 2.17. The van der Waals surface area contributed by atoms with Crippen LogP contribution in [0.15, 0.2) is 17.2 Å². The summed E-state index contributed by atoms with van der Waals surface area (Å²) in [6, 6.07) is 0. The predicted octanol–water partition coefficient (Wildman–Crippen LogP) is -0.226. The van der Waals surface area contributed by atoms with E-state index in [1.165, 1.54) is 12.9 Å². The van der Waals surface area contributed by atoms with E-state index in [0.29, 0.717) is 0 Å². The van der Waals surface area contributed by atoms with Crippen LogP contribution >= 0.6 is 0 Å². The van der Waals surface area contributed by atoms with E-state index >= 15 is 0 Å². The van der Waals surface area contributed by atoms with Crippen molar-refractivity contribution in [2.24, 2.45) is 0 Å². The SMILES string of the molecule is CC1=C(C=C=O)C(=O)OC1=O. The highest BCUT2D eigenvalue weighted by Gasteiger charge is 2.28. The standard InChI is InChI=1S/C7H4O4/c1-4-5(2-3-8)7(10)11-6(4)9/h2H,1H3. The predicted molar refractivity (Wildman–Crippen MR) is 34.1 cm³/mol. The van der Waals surface area contributed by atoms with Gasteiger partial charge in [-0.05, 0) is 6.92 Å². The highest BCUT2D eigenvalue weighted by atomic mass is 16.6. The van der Waals surface area contributed by atoms with Gasteiger partial charge in [-0.2, -0.15) is 0 Å². The maximum Gasteiger partial charge on any atom is 0.347 e. The van der Waals surface area contributed by atoms with E-state index in [0.717, 1.165) is 6.08 Å². The lowest BCUT2D eigenvalue weighted by atomic mass is 10.2. The molecule has 0 N–H and O–H groups in total. The topological polar surface area (TPSA) is 60.4 Å². The third kappa shape index (κ3) is 1.11. The number of hydrogen-bond acceptors (Lipinski definition) is 4. The number of cyclic esters (lactones) is 2. The molecule has 1 rings (SSSR count). The van der Waals surface area contributed by atoms with Crippen molar-refractivity contribution in [2.45, 2.75) is 6.92 Å². The Hall–Kier alpha value is -1.67. The van der Waals surface area contributed by atoms with E-state index in [9.17, 15) is 14.4 Å². The van der Waals surface area contributed by atoms with Gasteiger partial charge in [-0.25, -0.2) is 14.4 Å². The number of hydrogen-bond donors (Lipinski definition) is 0. The third-order valence-corrected chi connectivity index (χ3v) is 1.32. The normalized spacial score (nSPS) is 16.5. The summed E-state index contributed by atoms with van der Waals surface area (Å²) in [5.41, 5.74) is 0.142. The van der Waals surface area contributed by atoms with Gasteiger partial charge in [0.2, 0.25) is 0 Å². The van der Waals surface area contributed by atoms with Crippen molar-refractivity contribution in [2.75, 3.05) is 0 Å². The van der Waals surface area contributed by atoms with Crippen molar-refractivity contribution >= 4 is 17.9 Å². The second-order valence-corrected chi connectivity index (χ2v) is 1.98. The molecule has 0 aromatic rings. The maximum atomic E-state index is 10.7. The molecule has 0 fully saturated rings. The van der Waals surface area contributed by atoms with Gasteiger partial charge in [0.25, 0.3) is 0 Å². The van der Waals surface area contributed by atoms with E-state index < -0.39 is 11.9 Å². The third-order valence-electron chi connectivity index (χ3n) is 1.32. The fourth-order valence-electron chi connectivity index (χ4n) is 0.705. The molecule has 0 spiro atoms. The van der Waals surface area contributed by atoms with Crippen molar-refractivity contribution in [1.29, 1.82) is 0 Å². The monoisotopic (exact) mass is 152 g/mol. The van der Waals surface area contributed by atoms with E-state index in [4.69, 9.17) is 0 Å². The molecule has 0 bridgehead atoms. The molecule has 4 nitrogen and oxygen atoms in total. The van der Waals surface area contributed by atoms with Crippen molar-refractivity contribution < 1.29 is 19.1 Å². The summed E-state index contributed by atoms with van der Waals surface area (Å²) in [5, 5.41) is 0. The van der Waals surface area contributed by atoms with Crippen molar-refractivity contribution in [1.82, 2.24) is 0 Å². The first-order valence-electron chi connectivity index (χ1n) is 2.85. The number of carbonyl (C=O) groups is 2. The zero-order valence-corrected chi connectivity index (χ0v) is 5.71. The lowest BCUT2D eigenvalue weighted by Gasteiger charge is -1.84. The summed E-state index contributed by atoms with van der Waals surface area (Å²) in [7, 11) is 0. The first kappa shape index (κ1) is 7.44. The first-order valence-corrected chi connectivity index (χ1v) is 2.85. The molecule has 0 saturated carbocycles. The van der Waals surface area contributed by atoms with E-state index in [1.54, 1.807) is 0 Å².